The number of halogens is 1. The van der Waals surface area contributed by atoms with Crippen molar-refractivity contribution in [2.24, 2.45) is 5.41 Å². The lowest BCUT2D eigenvalue weighted by Crippen LogP contribution is -2.34. The molecule has 0 saturated carbocycles. The third kappa shape index (κ3) is 3.69. The second kappa shape index (κ2) is 7.19. The molecule has 1 aliphatic carbocycles. The van der Waals surface area contributed by atoms with Crippen molar-refractivity contribution in [3.8, 4) is 11.4 Å². The number of fused-ring (bicyclic) bond motifs is 1. The molecule has 2 aromatic heterocycles. The summed E-state index contributed by atoms with van der Waals surface area (Å²) in [6, 6.07) is 6.87. The van der Waals surface area contributed by atoms with Crippen molar-refractivity contribution in [2.45, 2.75) is 33.1 Å². The van der Waals surface area contributed by atoms with Crippen molar-refractivity contribution in [2.75, 3.05) is 19.0 Å². The van der Waals surface area contributed by atoms with Gasteiger partial charge < -0.3 is 25.5 Å². The van der Waals surface area contributed by atoms with Crippen LogP contribution < -0.4 is 10.6 Å². The molecule has 1 atom stereocenters. The summed E-state index contributed by atoms with van der Waals surface area (Å²) in [5.41, 5.74) is 1.92. The zero-order valence-corrected chi connectivity index (χ0v) is 18.8. The normalized spacial score (nSPS) is 18.4. The van der Waals surface area contributed by atoms with Crippen molar-refractivity contribution in [1.82, 2.24) is 25.1 Å². The van der Waals surface area contributed by atoms with E-state index in [-0.39, 0.29) is 23.8 Å². The SMILES string of the molecule is COC1=C(O)C1(C)CNC(=O)Nc1cccc(-c2nn3nc(C(C)(C)C)c(Cl)c3[nH]2)c1. The summed E-state index contributed by atoms with van der Waals surface area (Å²) >= 11 is 6.50. The highest BCUT2D eigenvalue weighted by molar-refractivity contribution is 6.34. The molecule has 0 bridgehead atoms. The van der Waals surface area contributed by atoms with E-state index in [0.717, 1.165) is 11.3 Å². The van der Waals surface area contributed by atoms with Crippen LogP contribution in [0.3, 0.4) is 0 Å². The summed E-state index contributed by atoms with van der Waals surface area (Å²) < 4.78 is 6.58. The largest absolute Gasteiger partial charge is 0.508 e. The highest BCUT2D eigenvalue weighted by atomic mass is 35.5. The second-order valence-electron chi connectivity index (χ2n) is 8.83. The minimum atomic E-state index is -0.637. The lowest BCUT2D eigenvalue weighted by molar-refractivity contribution is 0.241. The fraction of sp³-hybridized carbons (Fsp3) is 0.381. The second-order valence-corrected chi connectivity index (χ2v) is 9.20. The number of aromatic amines is 1. The molecule has 9 nitrogen and oxygen atoms in total. The van der Waals surface area contributed by atoms with E-state index < -0.39 is 5.41 Å². The number of hydrogen-bond donors (Lipinski definition) is 4. The van der Waals surface area contributed by atoms with Crippen LogP contribution in [0.15, 0.2) is 35.8 Å². The molecule has 0 radical (unpaired) electrons. The molecule has 0 fully saturated rings. The van der Waals surface area contributed by atoms with Gasteiger partial charge in [0.2, 0.25) is 0 Å². The quantitative estimate of drug-likeness (QED) is 0.469. The van der Waals surface area contributed by atoms with Crippen molar-refractivity contribution in [3.63, 3.8) is 0 Å². The Morgan fingerprint density at radius 3 is 2.71 bits per heavy atom. The van der Waals surface area contributed by atoms with Crippen LogP contribution in [0, 0.1) is 5.41 Å². The fourth-order valence-electron chi connectivity index (χ4n) is 3.43. The predicted molar refractivity (Wildman–Crippen MR) is 118 cm³/mol. The summed E-state index contributed by atoms with van der Waals surface area (Å²) in [5.74, 6) is 1.23. The number of rotatable bonds is 5. The number of nitrogens with one attached hydrogen (secondary N) is 3. The first-order valence-electron chi connectivity index (χ1n) is 9.83. The average molecular weight is 445 g/mol. The number of amides is 2. The number of aromatic nitrogens is 4. The predicted octanol–water partition coefficient (Wildman–Crippen LogP) is 4.23. The van der Waals surface area contributed by atoms with Gasteiger partial charge in [-0.2, -0.15) is 5.10 Å². The Bertz CT molecular complexity index is 1210. The number of anilines is 1. The van der Waals surface area contributed by atoms with Crippen LogP contribution in [0.5, 0.6) is 0 Å². The van der Waals surface area contributed by atoms with Gasteiger partial charge in [0, 0.05) is 23.2 Å². The van der Waals surface area contributed by atoms with Crippen molar-refractivity contribution < 1.29 is 14.6 Å². The number of carbonyl (C=O) groups is 1. The molecule has 0 aliphatic heterocycles. The van der Waals surface area contributed by atoms with E-state index in [9.17, 15) is 9.90 Å². The molecule has 10 heteroatoms. The number of ether oxygens (including phenoxy) is 1. The average Bonchev–Trinajstić information content (AvgIpc) is 3.02. The van der Waals surface area contributed by atoms with Crippen LogP contribution in [0.25, 0.3) is 17.0 Å². The van der Waals surface area contributed by atoms with E-state index >= 15 is 0 Å². The molecule has 0 saturated heterocycles. The maximum absolute atomic E-state index is 12.3. The topological polar surface area (TPSA) is 117 Å². The standard InChI is InChI=1S/C21H25ClN6O3/c1-20(2,3)14-13(22)18-25-17(27-28(18)26-14)11-7-6-8-12(9-11)24-19(30)23-10-21(4)15(29)16(21)31-5/h6-9,29H,10H2,1-5H3,(H,25,27)(H2,23,24,30). The molecule has 0 spiro atoms. The number of carbonyl (C=O) groups excluding carboxylic acids is 1. The lowest BCUT2D eigenvalue weighted by Gasteiger charge is -2.14. The summed E-state index contributed by atoms with van der Waals surface area (Å²) in [6.07, 6.45) is 0. The van der Waals surface area contributed by atoms with Crippen LogP contribution in [0.4, 0.5) is 10.5 Å². The minimum absolute atomic E-state index is 0.161. The van der Waals surface area contributed by atoms with Crippen molar-refractivity contribution >= 4 is 29.0 Å². The number of H-pyrrole nitrogens is 1. The van der Waals surface area contributed by atoms with E-state index in [2.05, 4.69) is 25.8 Å². The van der Waals surface area contributed by atoms with Gasteiger partial charge in [-0.3, -0.25) is 0 Å². The van der Waals surface area contributed by atoms with Crippen LogP contribution in [-0.4, -0.2) is 44.6 Å². The van der Waals surface area contributed by atoms with Crippen molar-refractivity contribution in [1.29, 1.82) is 0 Å². The highest BCUT2D eigenvalue weighted by Gasteiger charge is 2.52. The van der Waals surface area contributed by atoms with Crippen LogP contribution in [-0.2, 0) is 10.2 Å². The number of benzene rings is 1. The third-order valence-corrected chi connectivity index (χ3v) is 5.69. The first-order chi connectivity index (χ1) is 14.5. The first kappa shape index (κ1) is 21.0. The number of aliphatic hydroxyl groups excluding tert-OH is 1. The summed E-state index contributed by atoms with van der Waals surface area (Å²) in [6.45, 7) is 8.15. The Hall–Kier alpha value is -3.20. The molecule has 1 aromatic carbocycles. The van der Waals surface area contributed by atoms with Gasteiger partial charge in [-0.1, -0.05) is 44.5 Å². The van der Waals surface area contributed by atoms with Crippen molar-refractivity contribution in [3.05, 3.63) is 46.5 Å². The Labute approximate surface area is 184 Å². The van der Waals surface area contributed by atoms with Gasteiger partial charge in [0.15, 0.2) is 11.5 Å². The van der Waals surface area contributed by atoms with E-state index in [1.165, 1.54) is 11.7 Å². The molecule has 2 amide bonds. The third-order valence-electron chi connectivity index (χ3n) is 5.33. The molecule has 164 valence electrons. The molecule has 4 N–H and O–H groups in total. The molecule has 1 unspecified atom stereocenters. The Balaban J connectivity index is 1.47. The number of hydrogen-bond acceptors (Lipinski definition) is 5. The Morgan fingerprint density at radius 1 is 1.35 bits per heavy atom. The molecule has 4 rings (SSSR count). The van der Waals surface area contributed by atoms with Gasteiger partial charge in [-0.05, 0) is 19.1 Å². The highest BCUT2D eigenvalue weighted by Crippen LogP contribution is 2.50. The zero-order chi connectivity index (χ0) is 22.6. The van der Waals surface area contributed by atoms with E-state index in [4.69, 9.17) is 16.3 Å². The van der Waals surface area contributed by atoms with Crippen LogP contribution in [0.1, 0.15) is 33.4 Å². The van der Waals surface area contributed by atoms with Gasteiger partial charge in [0.05, 0.1) is 12.8 Å². The van der Waals surface area contributed by atoms with Crippen LogP contribution >= 0.6 is 11.6 Å². The number of aliphatic hydroxyl groups is 1. The molecule has 31 heavy (non-hydrogen) atoms. The molecule has 2 heterocycles. The summed E-state index contributed by atoms with van der Waals surface area (Å²) in [7, 11) is 1.49. The molecular formula is C21H25ClN6O3. The monoisotopic (exact) mass is 444 g/mol. The van der Waals surface area contributed by atoms with Gasteiger partial charge in [-0.25, -0.2) is 4.79 Å². The van der Waals surface area contributed by atoms with Gasteiger partial charge >= 0.3 is 6.03 Å². The Morgan fingerprint density at radius 2 is 2.10 bits per heavy atom. The molecule has 3 aromatic rings. The van der Waals surface area contributed by atoms with Gasteiger partial charge in [0.25, 0.3) is 0 Å². The molecule has 1 aliphatic rings. The first-order valence-corrected chi connectivity index (χ1v) is 10.2. The number of methoxy groups -OCH3 is 1. The zero-order valence-electron chi connectivity index (χ0n) is 18.0. The number of nitrogens with zero attached hydrogens (tertiary/aromatic N) is 3. The van der Waals surface area contributed by atoms with Crippen LogP contribution in [0.2, 0.25) is 5.02 Å². The maximum Gasteiger partial charge on any atom is 0.319 e. The van der Waals surface area contributed by atoms with Gasteiger partial charge in [-0.15, -0.1) is 9.73 Å². The minimum Gasteiger partial charge on any atom is -0.508 e. The fourth-order valence-corrected chi connectivity index (χ4v) is 3.88. The number of urea groups is 1. The summed E-state index contributed by atoms with van der Waals surface area (Å²) in [5, 5.41) is 24.9. The smallest absolute Gasteiger partial charge is 0.319 e. The maximum atomic E-state index is 12.3. The summed E-state index contributed by atoms with van der Waals surface area (Å²) in [4.78, 5) is 15.5. The van der Waals surface area contributed by atoms with E-state index in [0.29, 0.717) is 27.9 Å². The Kier molecular flexibility index (Phi) is 4.88. The molecular weight excluding hydrogens is 420 g/mol. The van der Waals surface area contributed by atoms with Gasteiger partial charge in [0.1, 0.15) is 22.0 Å². The van der Waals surface area contributed by atoms with E-state index in [1.807, 2.05) is 32.9 Å². The lowest BCUT2D eigenvalue weighted by atomic mass is 9.92. The van der Waals surface area contributed by atoms with E-state index in [1.54, 1.807) is 19.1 Å².